The number of amides is 2. The minimum absolute atomic E-state index is 0.140. The van der Waals surface area contributed by atoms with Crippen LogP contribution in [0, 0.1) is 23.4 Å². The molecule has 3 unspecified atom stereocenters. The average Bonchev–Trinajstić information content (AvgIpc) is 3.57. The van der Waals surface area contributed by atoms with Gasteiger partial charge < -0.3 is 16.2 Å². The fraction of sp³-hybridized carbons (Fsp3) is 0.267. The number of carbonyl (C=O) groups excluding carboxylic acids is 2. The molecular weight excluding hydrogens is 573 g/mol. The summed E-state index contributed by atoms with van der Waals surface area (Å²) in [6.45, 7) is -0.630. The number of carbonyl (C=O) groups is 2. The van der Waals surface area contributed by atoms with Gasteiger partial charge in [-0.2, -0.15) is 5.10 Å². The third kappa shape index (κ3) is 5.36. The minimum Gasteiger partial charge on any atom is -0.386 e. The number of halogens is 5. The van der Waals surface area contributed by atoms with Gasteiger partial charge in [0, 0.05) is 23.4 Å². The molecule has 2 amide bonds. The second-order valence-electron chi connectivity index (χ2n) is 10.7. The Labute approximate surface area is 241 Å². The van der Waals surface area contributed by atoms with Crippen LogP contribution in [0.2, 0.25) is 0 Å². The van der Waals surface area contributed by atoms with Crippen LogP contribution >= 0.6 is 0 Å². The van der Waals surface area contributed by atoms with Gasteiger partial charge in [0.25, 0.3) is 12.3 Å². The number of hydrogen-bond donors (Lipinski definition) is 3. The van der Waals surface area contributed by atoms with Gasteiger partial charge in [-0.05, 0) is 66.1 Å². The Bertz CT molecular complexity index is 1740. The first-order valence-electron chi connectivity index (χ1n) is 13.4. The van der Waals surface area contributed by atoms with Gasteiger partial charge in [0.1, 0.15) is 35.8 Å². The fourth-order valence-corrected chi connectivity index (χ4v) is 5.93. The van der Waals surface area contributed by atoms with Crippen LogP contribution in [0.25, 0.3) is 11.1 Å². The van der Waals surface area contributed by atoms with Gasteiger partial charge >= 0.3 is 0 Å². The number of aliphatic hydroxyl groups excluding tert-OH is 1. The van der Waals surface area contributed by atoms with Crippen molar-refractivity contribution in [1.82, 2.24) is 20.1 Å². The predicted molar refractivity (Wildman–Crippen MR) is 142 cm³/mol. The number of alkyl halides is 2. The summed E-state index contributed by atoms with van der Waals surface area (Å²) < 4.78 is 71.5. The highest BCUT2D eigenvalue weighted by Crippen LogP contribution is 2.63. The lowest BCUT2D eigenvalue weighted by atomic mass is 9.94. The van der Waals surface area contributed by atoms with Crippen LogP contribution in [-0.4, -0.2) is 31.7 Å². The minimum atomic E-state index is -2.94. The summed E-state index contributed by atoms with van der Waals surface area (Å²) in [7, 11) is 0. The maximum absolute atomic E-state index is 14.2. The first-order valence-corrected chi connectivity index (χ1v) is 13.4. The summed E-state index contributed by atoms with van der Waals surface area (Å²) >= 11 is 0. The van der Waals surface area contributed by atoms with Crippen LogP contribution in [-0.2, 0) is 17.8 Å². The Morgan fingerprint density at radius 3 is 2.53 bits per heavy atom. The summed E-state index contributed by atoms with van der Waals surface area (Å²) in [5, 5.41) is 17.3. The number of rotatable bonds is 9. The molecule has 2 heterocycles. The van der Waals surface area contributed by atoms with E-state index in [9.17, 15) is 36.6 Å². The van der Waals surface area contributed by atoms with Crippen molar-refractivity contribution >= 4 is 11.8 Å². The van der Waals surface area contributed by atoms with E-state index in [0.717, 1.165) is 22.9 Å². The lowest BCUT2D eigenvalue weighted by Gasteiger charge is -2.22. The highest BCUT2D eigenvalue weighted by molar-refractivity contribution is 5.94. The van der Waals surface area contributed by atoms with E-state index in [1.165, 1.54) is 18.3 Å². The molecule has 2 aromatic carbocycles. The maximum Gasteiger partial charge on any atom is 0.280 e. The number of primary amides is 1. The smallest absolute Gasteiger partial charge is 0.280 e. The summed E-state index contributed by atoms with van der Waals surface area (Å²) in [5.74, 6) is -4.68. The van der Waals surface area contributed by atoms with Gasteiger partial charge in [-0.25, -0.2) is 22.0 Å². The molecule has 2 aliphatic rings. The molecule has 1 fully saturated rings. The van der Waals surface area contributed by atoms with E-state index >= 15 is 0 Å². The monoisotopic (exact) mass is 597 g/mol. The molecule has 0 aliphatic heterocycles. The standard InChI is InChI=1S/C30H24F5N5O3/c31-15-6-13(7-16(32)10-15)8-22(25-17(2-1-5-37-25)14-3-4-21(33)20(9-14)30(36)43)38-23(41)12-40-27(29(34)35)24-18-11-19(18)28(42)26(24)39-40/h1-7,9-10,18-19,22,28-29,42H,8,11-12H2,(H2,36,43)(H,38,41)/t18?,19?,22-,28?/m0/s1. The quantitative estimate of drug-likeness (QED) is 0.243. The van der Waals surface area contributed by atoms with Crippen molar-refractivity contribution in [3.05, 3.63) is 106 Å². The van der Waals surface area contributed by atoms with Gasteiger partial charge in [-0.1, -0.05) is 12.1 Å². The van der Waals surface area contributed by atoms with Crippen molar-refractivity contribution in [3.8, 4) is 11.1 Å². The van der Waals surface area contributed by atoms with Crippen molar-refractivity contribution in [2.45, 2.75) is 43.9 Å². The van der Waals surface area contributed by atoms with E-state index in [1.807, 2.05) is 0 Å². The van der Waals surface area contributed by atoms with Gasteiger partial charge in [0.2, 0.25) is 5.91 Å². The second kappa shape index (κ2) is 10.9. The number of benzene rings is 2. The SMILES string of the molecule is NC(=O)c1cc(-c2cccnc2[C@H](Cc2cc(F)cc(F)c2)NC(=O)Cn2nc3c(c2C(F)F)C2CC2C3O)ccc1F. The van der Waals surface area contributed by atoms with Crippen molar-refractivity contribution < 1.29 is 36.6 Å². The maximum atomic E-state index is 14.2. The van der Waals surface area contributed by atoms with E-state index in [0.29, 0.717) is 23.6 Å². The number of aromatic nitrogens is 3. The Morgan fingerprint density at radius 2 is 1.84 bits per heavy atom. The average molecular weight is 598 g/mol. The van der Waals surface area contributed by atoms with E-state index < -0.39 is 60.1 Å². The molecule has 8 nitrogen and oxygen atoms in total. The number of nitrogens with one attached hydrogen (secondary N) is 1. The largest absolute Gasteiger partial charge is 0.386 e. The predicted octanol–water partition coefficient (Wildman–Crippen LogP) is 4.65. The van der Waals surface area contributed by atoms with Crippen molar-refractivity contribution in [3.63, 3.8) is 0 Å². The summed E-state index contributed by atoms with van der Waals surface area (Å²) in [4.78, 5) is 29.5. The molecule has 2 aliphatic carbocycles. The number of fused-ring (bicyclic) bond motifs is 3. The zero-order valence-corrected chi connectivity index (χ0v) is 22.3. The zero-order valence-electron chi connectivity index (χ0n) is 22.3. The van der Waals surface area contributed by atoms with Crippen molar-refractivity contribution in [1.29, 1.82) is 0 Å². The number of nitrogens with zero attached hydrogens (tertiary/aromatic N) is 3. The number of hydrogen-bond acceptors (Lipinski definition) is 5. The van der Waals surface area contributed by atoms with Gasteiger partial charge in [-0.3, -0.25) is 19.3 Å². The molecule has 222 valence electrons. The molecule has 43 heavy (non-hydrogen) atoms. The van der Waals surface area contributed by atoms with E-state index in [-0.39, 0.29) is 46.3 Å². The molecule has 4 aromatic rings. The number of nitrogens with two attached hydrogens (primary N) is 1. The molecule has 0 spiro atoms. The van der Waals surface area contributed by atoms with Gasteiger partial charge in [-0.15, -0.1) is 0 Å². The third-order valence-corrected chi connectivity index (χ3v) is 7.86. The van der Waals surface area contributed by atoms with Gasteiger partial charge in [0.05, 0.1) is 23.0 Å². The van der Waals surface area contributed by atoms with Crippen LogP contribution in [0.5, 0.6) is 0 Å². The Balaban J connectivity index is 1.36. The fourth-order valence-electron chi connectivity index (χ4n) is 5.93. The topological polar surface area (TPSA) is 123 Å². The molecule has 4 atom stereocenters. The molecule has 13 heteroatoms. The lowest BCUT2D eigenvalue weighted by Crippen LogP contribution is -2.34. The Kier molecular flexibility index (Phi) is 7.20. The zero-order chi connectivity index (χ0) is 30.6. The molecule has 0 radical (unpaired) electrons. The number of pyridine rings is 1. The van der Waals surface area contributed by atoms with E-state index in [2.05, 4.69) is 15.4 Å². The van der Waals surface area contributed by atoms with Crippen LogP contribution in [0.15, 0.2) is 54.7 Å². The van der Waals surface area contributed by atoms with Crippen LogP contribution in [0.1, 0.15) is 69.5 Å². The highest BCUT2D eigenvalue weighted by atomic mass is 19.3. The van der Waals surface area contributed by atoms with Crippen molar-refractivity contribution in [2.75, 3.05) is 0 Å². The molecule has 0 bridgehead atoms. The first-order chi connectivity index (χ1) is 20.5. The van der Waals surface area contributed by atoms with Gasteiger partial charge in [0.15, 0.2) is 0 Å². The summed E-state index contributed by atoms with van der Waals surface area (Å²) in [6, 6.07) is 8.56. The number of aliphatic hydroxyl groups is 1. The highest BCUT2D eigenvalue weighted by Gasteiger charge is 2.56. The Morgan fingerprint density at radius 1 is 1.09 bits per heavy atom. The second-order valence-corrected chi connectivity index (χ2v) is 10.7. The summed E-state index contributed by atoms with van der Waals surface area (Å²) in [6.07, 6.45) is -2.12. The summed E-state index contributed by atoms with van der Waals surface area (Å²) in [5.41, 5.74) is 5.93. The third-order valence-electron chi connectivity index (χ3n) is 7.86. The van der Waals surface area contributed by atoms with Crippen LogP contribution in [0.3, 0.4) is 0 Å². The van der Waals surface area contributed by atoms with Crippen LogP contribution < -0.4 is 11.1 Å². The van der Waals surface area contributed by atoms with Crippen LogP contribution in [0.4, 0.5) is 22.0 Å². The Hall–Kier alpha value is -4.65. The van der Waals surface area contributed by atoms with E-state index in [4.69, 9.17) is 5.73 Å². The molecule has 6 rings (SSSR count). The molecule has 4 N–H and O–H groups in total. The van der Waals surface area contributed by atoms with E-state index in [1.54, 1.807) is 12.1 Å². The normalized spacial score (nSPS) is 19.2. The lowest BCUT2D eigenvalue weighted by molar-refractivity contribution is -0.122. The molecule has 0 saturated heterocycles. The molecular formula is C30H24F5N5O3. The molecule has 1 saturated carbocycles. The molecule has 2 aromatic heterocycles. The van der Waals surface area contributed by atoms with Crippen molar-refractivity contribution in [2.24, 2.45) is 11.7 Å². The first kappa shape index (κ1) is 28.5.